The summed E-state index contributed by atoms with van der Waals surface area (Å²) in [5.41, 5.74) is 4.80. The Hall–Kier alpha value is -1.29. The summed E-state index contributed by atoms with van der Waals surface area (Å²) in [6.45, 7) is 2.13. The third-order valence-corrected chi connectivity index (χ3v) is 4.77. The highest BCUT2D eigenvalue weighted by Gasteiger charge is 2.15. The van der Waals surface area contributed by atoms with Crippen molar-refractivity contribution in [1.82, 2.24) is 4.98 Å². The molecule has 0 bridgehead atoms. The van der Waals surface area contributed by atoms with E-state index in [0.29, 0.717) is 5.02 Å². The molecule has 0 spiro atoms. The van der Waals surface area contributed by atoms with Crippen LogP contribution in [-0.2, 0) is 0 Å². The Morgan fingerprint density at radius 2 is 2.10 bits per heavy atom. The van der Waals surface area contributed by atoms with Crippen LogP contribution in [0.2, 0.25) is 10.0 Å². The van der Waals surface area contributed by atoms with Gasteiger partial charge >= 0.3 is 0 Å². The molecule has 0 amide bonds. The molecule has 3 rings (SSSR count). The van der Waals surface area contributed by atoms with Crippen LogP contribution in [-0.4, -0.2) is 4.98 Å². The van der Waals surface area contributed by atoms with E-state index in [-0.39, 0.29) is 6.04 Å². The quantitative estimate of drug-likeness (QED) is 0.616. The Morgan fingerprint density at radius 3 is 2.86 bits per heavy atom. The van der Waals surface area contributed by atoms with Crippen LogP contribution in [0.25, 0.3) is 10.2 Å². The number of anilines is 1. The van der Waals surface area contributed by atoms with Crippen LogP contribution in [0.4, 0.5) is 5.69 Å². The van der Waals surface area contributed by atoms with Gasteiger partial charge in [0.25, 0.3) is 0 Å². The molecule has 1 N–H and O–H groups in total. The van der Waals surface area contributed by atoms with E-state index in [9.17, 15) is 0 Å². The standard InChI is InChI=1S/C16H14Cl2N2S/c1-2-13(10-4-3-5-11(17)8-10)20-15-12(18)6-7-14-16(15)19-9-21-14/h3-9,13,20H,2H2,1H3. The number of benzene rings is 2. The number of thiazole rings is 1. The predicted octanol–water partition coefficient (Wildman–Crippen LogP) is 6.17. The smallest absolute Gasteiger partial charge is 0.106 e. The summed E-state index contributed by atoms with van der Waals surface area (Å²) in [5, 5.41) is 4.95. The van der Waals surface area contributed by atoms with E-state index < -0.39 is 0 Å². The van der Waals surface area contributed by atoms with Gasteiger partial charge in [-0.25, -0.2) is 4.98 Å². The monoisotopic (exact) mass is 336 g/mol. The number of hydrogen-bond acceptors (Lipinski definition) is 3. The molecule has 1 atom stereocenters. The summed E-state index contributed by atoms with van der Waals surface area (Å²) in [6, 6.07) is 12.0. The number of halogens is 2. The number of hydrogen-bond donors (Lipinski definition) is 1. The van der Waals surface area contributed by atoms with Crippen molar-refractivity contribution in [3.8, 4) is 0 Å². The maximum atomic E-state index is 6.36. The minimum atomic E-state index is 0.147. The van der Waals surface area contributed by atoms with Gasteiger partial charge in [0.05, 0.1) is 27.0 Å². The second kappa shape index (κ2) is 6.22. The zero-order chi connectivity index (χ0) is 14.8. The predicted molar refractivity (Wildman–Crippen MR) is 92.7 cm³/mol. The van der Waals surface area contributed by atoms with Crippen LogP contribution in [0.3, 0.4) is 0 Å². The van der Waals surface area contributed by atoms with Gasteiger partial charge in [-0.2, -0.15) is 0 Å². The first-order valence-electron chi connectivity index (χ1n) is 6.72. The van der Waals surface area contributed by atoms with Crippen LogP contribution >= 0.6 is 34.5 Å². The molecule has 1 unspecified atom stereocenters. The van der Waals surface area contributed by atoms with E-state index >= 15 is 0 Å². The molecule has 0 aliphatic rings. The van der Waals surface area contributed by atoms with Gasteiger partial charge in [0.15, 0.2) is 0 Å². The summed E-state index contributed by atoms with van der Waals surface area (Å²) in [7, 11) is 0. The average molecular weight is 337 g/mol. The van der Waals surface area contributed by atoms with Crippen molar-refractivity contribution in [3.63, 3.8) is 0 Å². The molecule has 0 radical (unpaired) electrons. The number of nitrogens with zero attached hydrogens (tertiary/aromatic N) is 1. The fraction of sp³-hybridized carbons (Fsp3) is 0.188. The van der Waals surface area contributed by atoms with E-state index in [1.54, 1.807) is 11.3 Å². The van der Waals surface area contributed by atoms with Crippen LogP contribution in [0.1, 0.15) is 24.9 Å². The van der Waals surface area contributed by atoms with Crippen molar-refractivity contribution in [1.29, 1.82) is 0 Å². The third-order valence-electron chi connectivity index (χ3n) is 3.43. The second-order valence-corrected chi connectivity index (χ2v) is 6.51. The van der Waals surface area contributed by atoms with Crippen LogP contribution in [0.15, 0.2) is 41.9 Å². The zero-order valence-electron chi connectivity index (χ0n) is 11.4. The number of rotatable bonds is 4. The highest BCUT2D eigenvalue weighted by molar-refractivity contribution is 7.16. The van der Waals surface area contributed by atoms with E-state index in [2.05, 4.69) is 23.3 Å². The van der Waals surface area contributed by atoms with Crippen molar-refractivity contribution in [2.24, 2.45) is 0 Å². The molecule has 1 aromatic heterocycles. The highest BCUT2D eigenvalue weighted by Crippen LogP contribution is 2.35. The molecule has 2 aromatic carbocycles. The first-order valence-corrected chi connectivity index (χ1v) is 8.36. The lowest BCUT2D eigenvalue weighted by atomic mass is 10.0. The Bertz CT molecular complexity index is 770. The molecule has 2 nitrogen and oxygen atoms in total. The van der Waals surface area contributed by atoms with Gasteiger partial charge in [-0.05, 0) is 36.2 Å². The molecule has 1 heterocycles. The Balaban J connectivity index is 1.99. The van der Waals surface area contributed by atoms with Gasteiger partial charge in [0.2, 0.25) is 0 Å². The number of nitrogens with one attached hydrogen (secondary N) is 1. The lowest BCUT2D eigenvalue weighted by molar-refractivity contribution is 0.750. The zero-order valence-corrected chi connectivity index (χ0v) is 13.8. The van der Waals surface area contributed by atoms with Crippen LogP contribution in [0.5, 0.6) is 0 Å². The summed E-state index contributed by atoms with van der Waals surface area (Å²) in [4.78, 5) is 4.42. The Labute approximate surface area is 137 Å². The van der Waals surface area contributed by atoms with Crippen LogP contribution in [0, 0.1) is 0 Å². The number of aromatic nitrogens is 1. The van der Waals surface area contributed by atoms with Crippen molar-refractivity contribution in [2.75, 3.05) is 5.32 Å². The lowest BCUT2D eigenvalue weighted by Crippen LogP contribution is -2.10. The maximum Gasteiger partial charge on any atom is 0.106 e. The summed E-state index contributed by atoms with van der Waals surface area (Å²) in [5.74, 6) is 0. The van der Waals surface area contributed by atoms with Gasteiger partial charge in [0.1, 0.15) is 5.52 Å². The first-order chi connectivity index (χ1) is 10.2. The largest absolute Gasteiger partial charge is 0.375 e. The minimum Gasteiger partial charge on any atom is -0.375 e. The molecule has 5 heteroatoms. The fourth-order valence-electron chi connectivity index (χ4n) is 2.36. The van der Waals surface area contributed by atoms with Gasteiger partial charge < -0.3 is 5.32 Å². The Morgan fingerprint density at radius 1 is 1.24 bits per heavy atom. The van der Waals surface area contributed by atoms with Crippen molar-refractivity contribution >= 4 is 50.4 Å². The van der Waals surface area contributed by atoms with Crippen LogP contribution < -0.4 is 5.32 Å². The van der Waals surface area contributed by atoms with Gasteiger partial charge in [-0.1, -0.05) is 42.3 Å². The summed E-state index contributed by atoms with van der Waals surface area (Å²) < 4.78 is 1.13. The van der Waals surface area contributed by atoms with E-state index in [4.69, 9.17) is 23.2 Å². The third kappa shape index (κ3) is 3.00. The van der Waals surface area contributed by atoms with Crippen molar-refractivity contribution in [2.45, 2.75) is 19.4 Å². The highest BCUT2D eigenvalue weighted by atomic mass is 35.5. The normalized spacial score (nSPS) is 12.5. The summed E-state index contributed by atoms with van der Waals surface area (Å²) in [6.07, 6.45) is 0.928. The summed E-state index contributed by atoms with van der Waals surface area (Å²) >= 11 is 14.1. The molecule has 0 aliphatic heterocycles. The molecule has 0 saturated heterocycles. The van der Waals surface area contributed by atoms with Gasteiger partial charge in [-0.3, -0.25) is 0 Å². The molecular weight excluding hydrogens is 323 g/mol. The van der Waals surface area contributed by atoms with Gasteiger partial charge in [-0.15, -0.1) is 11.3 Å². The SMILES string of the molecule is CCC(Nc1c(Cl)ccc2scnc12)c1cccc(Cl)c1. The first kappa shape index (κ1) is 14.6. The second-order valence-electron chi connectivity index (χ2n) is 4.78. The van der Waals surface area contributed by atoms with Crippen molar-refractivity contribution < 1.29 is 0 Å². The molecule has 0 aliphatic carbocycles. The molecule has 0 saturated carbocycles. The maximum absolute atomic E-state index is 6.36. The molecule has 21 heavy (non-hydrogen) atoms. The van der Waals surface area contributed by atoms with E-state index in [1.807, 2.05) is 35.8 Å². The Kier molecular flexibility index (Phi) is 4.34. The van der Waals surface area contributed by atoms with Gasteiger partial charge in [0, 0.05) is 5.02 Å². The molecule has 0 fully saturated rings. The van der Waals surface area contributed by atoms with E-state index in [1.165, 1.54) is 0 Å². The average Bonchev–Trinajstić information content (AvgIpc) is 2.95. The topological polar surface area (TPSA) is 24.9 Å². The minimum absolute atomic E-state index is 0.147. The molecule has 3 aromatic rings. The fourth-order valence-corrected chi connectivity index (χ4v) is 3.45. The van der Waals surface area contributed by atoms with Crippen molar-refractivity contribution in [3.05, 3.63) is 57.5 Å². The molecule has 108 valence electrons. The van der Waals surface area contributed by atoms with E-state index in [0.717, 1.165) is 32.9 Å². The molecular formula is C16H14Cl2N2S. The number of fused-ring (bicyclic) bond motifs is 1. The lowest BCUT2D eigenvalue weighted by Gasteiger charge is -2.20.